The fourth-order valence-corrected chi connectivity index (χ4v) is 3.08. The summed E-state index contributed by atoms with van der Waals surface area (Å²) in [5.74, 6) is 2.64. The van der Waals surface area contributed by atoms with Gasteiger partial charge in [-0.15, -0.1) is 0 Å². The summed E-state index contributed by atoms with van der Waals surface area (Å²) in [4.78, 5) is 6.72. The highest BCUT2D eigenvalue weighted by atomic mass is 16.6. The van der Waals surface area contributed by atoms with Gasteiger partial charge >= 0.3 is 0 Å². The van der Waals surface area contributed by atoms with Gasteiger partial charge < -0.3 is 14.0 Å². The average molecular weight is 335 g/mol. The summed E-state index contributed by atoms with van der Waals surface area (Å²) in [6.45, 7) is 2.08. The molecule has 0 bridgehead atoms. The zero-order valence-electron chi connectivity index (χ0n) is 14.2. The maximum atomic E-state index is 6.04. The Morgan fingerprint density at radius 2 is 1.84 bits per heavy atom. The molecule has 3 aromatic rings. The third kappa shape index (κ3) is 3.51. The maximum Gasteiger partial charge on any atom is 0.161 e. The van der Waals surface area contributed by atoms with Crippen LogP contribution >= 0.6 is 0 Å². The second-order valence-corrected chi connectivity index (χ2v) is 6.24. The number of imidazole rings is 1. The molecule has 0 fully saturated rings. The van der Waals surface area contributed by atoms with Crippen LogP contribution in [0, 0.1) is 0 Å². The molecule has 1 aliphatic heterocycles. The van der Waals surface area contributed by atoms with Gasteiger partial charge in [0.25, 0.3) is 0 Å². The average Bonchev–Trinajstić information content (AvgIpc) is 3.10. The van der Waals surface area contributed by atoms with E-state index >= 15 is 0 Å². The summed E-state index contributed by atoms with van der Waals surface area (Å²) in [5, 5.41) is 0. The highest BCUT2D eigenvalue weighted by Crippen LogP contribution is 2.31. The quantitative estimate of drug-likeness (QED) is 0.718. The first-order valence-electron chi connectivity index (χ1n) is 8.44. The van der Waals surface area contributed by atoms with Crippen molar-refractivity contribution in [3.05, 3.63) is 72.8 Å². The molecule has 0 radical (unpaired) electrons. The van der Waals surface area contributed by atoms with Crippen molar-refractivity contribution in [2.24, 2.45) is 0 Å². The van der Waals surface area contributed by atoms with E-state index in [1.807, 2.05) is 54.9 Å². The SMILES string of the molecule is CN(Cc1nccn1-c1ccccc1)CC1COc2ccccc2O1. The molecule has 1 aromatic heterocycles. The van der Waals surface area contributed by atoms with Gasteiger partial charge in [-0.25, -0.2) is 4.98 Å². The lowest BCUT2D eigenvalue weighted by molar-refractivity contribution is 0.0631. The summed E-state index contributed by atoms with van der Waals surface area (Å²) in [7, 11) is 2.08. The highest BCUT2D eigenvalue weighted by molar-refractivity contribution is 5.40. The molecule has 1 aliphatic rings. The monoisotopic (exact) mass is 335 g/mol. The summed E-state index contributed by atoms with van der Waals surface area (Å²) in [6.07, 6.45) is 3.85. The topological polar surface area (TPSA) is 39.5 Å². The Bertz CT molecular complexity index is 832. The molecule has 2 aromatic carbocycles. The molecule has 2 heterocycles. The van der Waals surface area contributed by atoms with Crippen molar-refractivity contribution in [3.8, 4) is 17.2 Å². The summed E-state index contributed by atoms with van der Waals surface area (Å²) in [6, 6.07) is 18.1. The Morgan fingerprint density at radius 1 is 1.08 bits per heavy atom. The molecule has 0 amide bonds. The molecule has 5 nitrogen and oxygen atoms in total. The molecule has 0 N–H and O–H groups in total. The number of benzene rings is 2. The summed E-state index contributed by atoms with van der Waals surface area (Å²) in [5.41, 5.74) is 1.12. The van der Waals surface area contributed by atoms with Gasteiger partial charge in [-0.05, 0) is 31.3 Å². The number of aromatic nitrogens is 2. The summed E-state index contributed by atoms with van der Waals surface area (Å²) < 4.78 is 14.0. The van der Waals surface area contributed by atoms with E-state index in [1.54, 1.807) is 0 Å². The number of fused-ring (bicyclic) bond motifs is 1. The van der Waals surface area contributed by atoms with Gasteiger partial charge in [0.2, 0.25) is 0 Å². The molecule has 5 heteroatoms. The minimum atomic E-state index is 0.0139. The van der Waals surface area contributed by atoms with Crippen LogP contribution in [0.2, 0.25) is 0 Å². The smallest absolute Gasteiger partial charge is 0.161 e. The van der Waals surface area contributed by atoms with Crippen molar-refractivity contribution in [2.75, 3.05) is 20.2 Å². The largest absolute Gasteiger partial charge is 0.486 e. The van der Waals surface area contributed by atoms with Crippen molar-refractivity contribution >= 4 is 0 Å². The molecular formula is C20H21N3O2. The van der Waals surface area contributed by atoms with Crippen LogP contribution in [-0.2, 0) is 6.54 Å². The number of hydrogen-bond acceptors (Lipinski definition) is 4. The predicted octanol–water partition coefficient (Wildman–Crippen LogP) is 3.14. The number of ether oxygens (including phenoxy) is 2. The Kier molecular flexibility index (Phi) is 4.39. The van der Waals surface area contributed by atoms with E-state index in [2.05, 4.69) is 33.6 Å². The molecule has 1 unspecified atom stereocenters. The Hall–Kier alpha value is -2.79. The van der Waals surface area contributed by atoms with Crippen LogP contribution in [-0.4, -0.2) is 40.8 Å². The van der Waals surface area contributed by atoms with Gasteiger partial charge in [-0.1, -0.05) is 30.3 Å². The lowest BCUT2D eigenvalue weighted by Gasteiger charge is -2.29. The molecule has 0 saturated heterocycles. The van der Waals surface area contributed by atoms with Crippen molar-refractivity contribution in [2.45, 2.75) is 12.6 Å². The molecule has 0 saturated carbocycles. The molecule has 128 valence electrons. The number of hydrogen-bond donors (Lipinski definition) is 0. The molecule has 1 atom stereocenters. The Labute approximate surface area is 147 Å². The minimum absolute atomic E-state index is 0.0139. The molecule has 25 heavy (non-hydrogen) atoms. The Balaban J connectivity index is 1.41. The van der Waals surface area contributed by atoms with Crippen LogP contribution in [0.25, 0.3) is 5.69 Å². The van der Waals surface area contributed by atoms with Crippen LogP contribution in [0.3, 0.4) is 0 Å². The van der Waals surface area contributed by atoms with E-state index in [0.29, 0.717) is 6.61 Å². The standard InChI is InChI=1S/C20H21N3O2/c1-22(13-17-15-24-18-9-5-6-10-19(18)25-17)14-20-21-11-12-23(20)16-7-3-2-4-8-16/h2-12,17H,13-15H2,1H3. The van der Waals surface area contributed by atoms with Gasteiger partial charge in [0, 0.05) is 24.6 Å². The number of rotatable bonds is 5. The second-order valence-electron chi connectivity index (χ2n) is 6.24. The van der Waals surface area contributed by atoms with E-state index in [9.17, 15) is 0 Å². The van der Waals surface area contributed by atoms with Crippen LogP contribution < -0.4 is 9.47 Å². The van der Waals surface area contributed by atoms with Gasteiger partial charge in [-0.2, -0.15) is 0 Å². The fraction of sp³-hybridized carbons (Fsp3) is 0.250. The van der Waals surface area contributed by atoms with E-state index in [0.717, 1.165) is 36.1 Å². The van der Waals surface area contributed by atoms with Crippen LogP contribution in [0.5, 0.6) is 11.5 Å². The van der Waals surface area contributed by atoms with Gasteiger partial charge in [0.1, 0.15) is 18.5 Å². The number of nitrogens with zero attached hydrogens (tertiary/aromatic N) is 3. The van der Waals surface area contributed by atoms with Crippen LogP contribution in [0.4, 0.5) is 0 Å². The van der Waals surface area contributed by atoms with Crippen LogP contribution in [0.15, 0.2) is 67.0 Å². The highest BCUT2D eigenvalue weighted by Gasteiger charge is 2.22. The molecule has 0 spiro atoms. The van der Waals surface area contributed by atoms with Crippen molar-refractivity contribution in [1.82, 2.24) is 14.5 Å². The van der Waals surface area contributed by atoms with Gasteiger partial charge in [0.15, 0.2) is 11.5 Å². The molecule has 4 rings (SSSR count). The predicted molar refractivity (Wildman–Crippen MR) is 96.3 cm³/mol. The van der Waals surface area contributed by atoms with E-state index in [1.165, 1.54) is 0 Å². The number of para-hydroxylation sites is 3. The Morgan fingerprint density at radius 3 is 2.68 bits per heavy atom. The lowest BCUT2D eigenvalue weighted by Crippen LogP contribution is -2.39. The first-order chi connectivity index (χ1) is 12.3. The first-order valence-corrected chi connectivity index (χ1v) is 8.44. The van der Waals surface area contributed by atoms with Gasteiger partial charge in [-0.3, -0.25) is 4.90 Å². The fourth-order valence-electron chi connectivity index (χ4n) is 3.08. The van der Waals surface area contributed by atoms with Gasteiger partial charge in [0.05, 0.1) is 6.54 Å². The molecule has 0 aliphatic carbocycles. The normalized spacial score (nSPS) is 16.2. The molecular weight excluding hydrogens is 314 g/mol. The zero-order valence-corrected chi connectivity index (χ0v) is 14.2. The van der Waals surface area contributed by atoms with E-state index in [-0.39, 0.29) is 6.10 Å². The van der Waals surface area contributed by atoms with Crippen molar-refractivity contribution in [1.29, 1.82) is 0 Å². The van der Waals surface area contributed by atoms with Crippen LogP contribution in [0.1, 0.15) is 5.82 Å². The minimum Gasteiger partial charge on any atom is -0.486 e. The summed E-state index contributed by atoms with van der Waals surface area (Å²) >= 11 is 0. The van der Waals surface area contributed by atoms with E-state index in [4.69, 9.17) is 9.47 Å². The lowest BCUT2D eigenvalue weighted by atomic mass is 10.2. The first kappa shape index (κ1) is 15.7. The second kappa shape index (κ2) is 6.99. The van der Waals surface area contributed by atoms with Crippen molar-refractivity contribution < 1.29 is 9.47 Å². The third-order valence-corrected chi connectivity index (χ3v) is 4.25. The third-order valence-electron chi connectivity index (χ3n) is 4.25. The van der Waals surface area contributed by atoms with Crippen molar-refractivity contribution in [3.63, 3.8) is 0 Å². The zero-order chi connectivity index (χ0) is 17.1. The number of likely N-dealkylation sites (N-methyl/N-ethyl adjacent to an activating group) is 1. The maximum absolute atomic E-state index is 6.04. The van der Waals surface area contributed by atoms with E-state index < -0.39 is 0 Å².